The van der Waals surface area contributed by atoms with E-state index >= 15 is 0 Å². The van der Waals surface area contributed by atoms with Crippen LogP contribution < -0.4 is 0 Å². The maximum Gasteiger partial charge on any atom is 0.232 e. The van der Waals surface area contributed by atoms with Crippen LogP contribution in [0.15, 0.2) is 0 Å². The van der Waals surface area contributed by atoms with Gasteiger partial charge in [0.25, 0.3) is 0 Å². The van der Waals surface area contributed by atoms with Crippen molar-refractivity contribution in [2.45, 2.75) is 58.9 Å². The third-order valence-corrected chi connectivity index (χ3v) is 3.05. The standard InChI is InChI=1S/C12H21NO2/c1-9(2)13(10(3)14)12(15)11-7-5-4-6-8-11/h9,11H,4-8H2,1-3H3. The number of carbonyl (C=O) groups is 2. The van der Waals surface area contributed by atoms with Crippen molar-refractivity contribution in [1.29, 1.82) is 0 Å². The molecule has 0 radical (unpaired) electrons. The summed E-state index contributed by atoms with van der Waals surface area (Å²) in [6.45, 7) is 5.25. The van der Waals surface area contributed by atoms with E-state index in [0.717, 1.165) is 25.7 Å². The molecule has 0 bridgehead atoms. The molecule has 0 saturated heterocycles. The smallest absolute Gasteiger partial charge is 0.232 e. The highest BCUT2D eigenvalue weighted by Gasteiger charge is 2.29. The largest absolute Gasteiger partial charge is 0.280 e. The molecule has 0 heterocycles. The van der Waals surface area contributed by atoms with Crippen LogP contribution in [0, 0.1) is 5.92 Å². The Morgan fingerprint density at radius 2 is 1.67 bits per heavy atom. The zero-order chi connectivity index (χ0) is 11.4. The fourth-order valence-corrected chi connectivity index (χ4v) is 2.32. The van der Waals surface area contributed by atoms with Crippen molar-refractivity contribution in [1.82, 2.24) is 4.90 Å². The van der Waals surface area contributed by atoms with Gasteiger partial charge in [-0.2, -0.15) is 0 Å². The average molecular weight is 211 g/mol. The van der Waals surface area contributed by atoms with Gasteiger partial charge >= 0.3 is 0 Å². The molecule has 0 unspecified atom stereocenters. The predicted molar refractivity (Wildman–Crippen MR) is 59.2 cm³/mol. The van der Waals surface area contributed by atoms with Crippen LogP contribution in [-0.2, 0) is 9.59 Å². The van der Waals surface area contributed by atoms with E-state index in [-0.39, 0.29) is 23.8 Å². The lowest BCUT2D eigenvalue weighted by Gasteiger charge is -2.29. The topological polar surface area (TPSA) is 37.4 Å². The first-order valence-corrected chi connectivity index (χ1v) is 5.87. The highest BCUT2D eigenvalue weighted by molar-refractivity contribution is 5.95. The first kappa shape index (κ1) is 12.2. The van der Waals surface area contributed by atoms with Crippen LogP contribution in [0.25, 0.3) is 0 Å². The summed E-state index contributed by atoms with van der Waals surface area (Å²) < 4.78 is 0. The van der Waals surface area contributed by atoms with Crippen molar-refractivity contribution in [3.8, 4) is 0 Å². The highest BCUT2D eigenvalue weighted by atomic mass is 16.2. The zero-order valence-corrected chi connectivity index (χ0v) is 9.95. The van der Waals surface area contributed by atoms with Crippen LogP contribution >= 0.6 is 0 Å². The number of carbonyl (C=O) groups excluding carboxylic acids is 2. The molecule has 0 aromatic rings. The molecule has 2 amide bonds. The van der Waals surface area contributed by atoms with Crippen LogP contribution in [0.2, 0.25) is 0 Å². The lowest BCUT2D eigenvalue weighted by atomic mass is 9.88. The molecule has 1 rings (SSSR count). The number of rotatable bonds is 2. The van der Waals surface area contributed by atoms with Crippen LogP contribution in [0.4, 0.5) is 0 Å². The Morgan fingerprint density at radius 1 is 1.13 bits per heavy atom. The molecule has 0 atom stereocenters. The molecular formula is C12H21NO2. The van der Waals surface area contributed by atoms with Crippen molar-refractivity contribution in [2.24, 2.45) is 5.92 Å². The highest BCUT2D eigenvalue weighted by Crippen LogP contribution is 2.26. The summed E-state index contributed by atoms with van der Waals surface area (Å²) in [5.41, 5.74) is 0. The molecular weight excluding hydrogens is 190 g/mol. The summed E-state index contributed by atoms with van der Waals surface area (Å²) in [6.07, 6.45) is 5.39. The van der Waals surface area contributed by atoms with E-state index in [4.69, 9.17) is 0 Å². The van der Waals surface area contributed by atoms with Gasteiger partial charge in [0.1, 0.15) is 0 Å². The maximum atomic E-state index is 12.1. The first-order chi connectivity index (χ1) is 7.04. The molecule has 0 aromatic carbocycles. The second-order valence-electron chi connectivity index (χ2n) is 4.66. The van der Waals surface area contributed by atoms with Crippen LogP contribution in [-0.4, -0.2) is 22.8 Å². The molecule has 1 fully saturated rings. The van der Waals surface area contributed by atoms with E-state index in [0.29, 0.717) is 0 Å². The SMILES string of the molecule is CC(=O)N(C(=O)C1CCCCC1)C(C)C. The van der Waals surface area contributed by atoms with E-state index in [1.807, 2.05) is 13.8 Å². The summed E-state index contributed by atoms with van der Waals surface area (Å²) in [5, 5.41) is 0. The minimum Gasteiger partial charge on any atom is -0.280 e. The molecule has 0 N–H and O–H groups in total. The van der Waals surface area contributed by atoms with Gasteiger partial charge in [-0.1, -0.05) is 19.3 Å². The fraction of sp³-hybridized carbons (Fsp3) is 0.833. The minimum absolute atomic E-state index is 0.0167. The van der Waals surface area contributed by atoms with Crippen molar-refractivity contribution in [3.63, 3.8) is 0 Å². The second-order valence-corrected chi connectivity index (χ2v) is 4.66. The van der Waals surface area contributed by atoms with Gasteiger partial charge in [-0.3, -0.25) is 14.5 Å². The second kappa shape index (κ2) is 5.29. The van der Waals surface area contributed by atoms with E-state index in [2.05, 4.69) is 0 Å². The predicted octanol–water partition coefficient (Wildman–Crippen LogP) is 2.35. The number of nitrogens with zero attached hydrogens (tertiary/aromatic N) is 1. The molecule has 3 nitrogen and oxygen atoms in total. The van der Waals surface area contributed by atoms with Gasteiger partial charge in [-0.05, 0) is 26.7 Å². The summed E-state index contributed by atoms with van der Waals surface area (Å²) in [6, 6.07) is -0.0167. The van der Waals surface area contributed by atoms with Crippen LogP contribution in [0.1, 0.15) is 52.9 Å². The molecule has 1 aliphatic carbocycles. The summed E-state index contributed by atoms with van der Waals surface area (Å²) in [5.74, 6) is 0.00261. The Morgan fingerprint density at radius 3 is 2.07 bits per heavy atom. The summed E-state index contributed by atoms with van der Waals surface area (Å²) in [4.78, 5) is 24.9. The fourth-order valence-electron chi connectivity index (χ4n) is 2.32. The van der Waals surface area contributed by atoms with Crippen molar-refractivity contribution < 1.29 is 9.59 Å². The number of amides is 2. The number of hydrogen-bond donors (Lipinski definition) is 0. The lowest BCUT2D eigenvalue weighted by Crippen LogP contribution is -2.44. The minimum atomic E-state index is -0.124. The Bertz CT molecular complexity index is 242. The molecule has 86 valence electrons. The van der Waals surface area contributed by atoms with Gasteiger partial charge in [0.05, 0.1) is 0 Å². The van der Waals surface area contributed by atoms with Crippen LogP contribution in [0.5, 0.6) is 0 Å². The Hall–Kier alpha value is -0.860. The Balaban J connectivity index is 2.66. The van der Waals surface area contributed by atoms with Gasteiger partial charge in [0.2, 0.25) is 11.8 Å². The van der Waals surface area contributed by atoms with Gasteiger partial charge in [-0.25, -0.2) is 0 Å². The van der Waals surface area contributed by atoms with Crippen molar-refractivity contribution >= 4 is 11.8 Å². The van der Waals surface area contributed by atoms with Gasteiger partial charge in [0, 0.05) is 18.9 Å². The van der Waals surface area contributed by atoms with E-state index < -0.39 is 0 Å². The normalized spacial score (nSPS) is 17.9. The van der Waals surface area contributed by atoms with E-state index in [9.17, 15) is 9.59 Å². The summed E-state index contributed by atoms with van der Waals surface area (Å²) >= 11 is 0. The monoisotopic (exact) mass is 211 g/mol. The van der Waals surface area contributed by atoms with Gasteiger partial charge < -0.3 is 0 Å². The summed E-state index contributed by atoms with van der Waals surface area (Å²) in [7, 11) is 0. The quantitative estimate of drug-likeness (QED) is 0.703. The lowest BCUT2D eigenvalue weighted by molar-refractivity contribution is -0.149. The number of hydrogen-bond acceptors (Lipinski definition) is 2. The third-order valence-electron chi connectivity index (χ3n) is 3.05. The average Bonchev–Trinajstić information content (AvgIpc) is 2.18. The van der Waals surface area contributed by atoms with Crippen molar-refractivity contribution in [3.05, 3.63) is 0 Å². The maximum absolute atomic E-state index is 12.1. The third kappa shape index (κ3) is 3.05. The Labute approximate surface area is 91.8 Å². The van der Waals surface area contributed by atoms with Crippen molar-refractivity contribution in [2.75, 3.05) is 0 Å². The molecule has 1 saturated carbocycles. The number of imide groups is 1. The molecule has 1 aliphatic rings. The molecule has 0 aliphatic heterocycles. The first-order valence-electron chi connectivity index (χ1n) is 5.87. The zero-order valence-electron chi connectivity index (χ0n) is 9.95. The van der Waals surface area contributed by atoms with Gasteiger partial charge in [-0.15, -0.1) is 0 Å². The Kier molecular flexibility index (Phi) is 4.30. The molecule has 0 spiro atoms. The van der Waals surface area contributed by atoms with E-state index in [1.54, 1.807) is 0 Å². The molecule has 15 heavy (non-hydrogen) atoms. The van der Waals surface area contributed by atoms with Crippen LogP contribution in [0.3, 0.4) is 0 Å². The van der Waals surface area contributed by atoms with E-state index in [1.165, 1.54) is 18.2 Å². The molecule has 3 heteroatoms. The molecule has 0 aromatic heterocycles. The van der Waals surface area contributed by atoms with Gasteiger partial charge in [0.15, 0.2) is 0 Å².